The highest BCUT2D eigenvalue weighted by atomic mass is 32.2. The molecule has 2 atom stereocenters. The Bertz CT molecular complexity index is 1330. The Hall–Kier alpha value is -3.27. The average Bonchev–Trinajstić information content (AvgIpc) is 2.83. The molecule has 5 rings (SSSR count). The first-order valence-corrected chi connectivity index (χ1v) is 12.8. The normalized spacial score (nSPS) is 20.9. The molecule has 182 valence electrons. The summed E-state index contributed by atoms with van der Waals surface area (Å²) in [6.45, 7) is -0.0958. The molecule has 0 aromatic heterocycles. The number of rotatable bonds is 6. The lowest BCUT2D eigenvalue weighted by atomic mass is 9.90. The summed E-state index contributed by atoms with van der Waals surface area (Å²) in [6.07, 6.45) is 0.136. The van der Waals surface area contributed by atoms with Gasteiger partial charge in [-0.05, 0) is 29.2 Å². The van der Waals surface area contributed by atoms with Crippen LogP contribution in [0.4, 0.5) is 4.39 Å². The zero-order chi connectivity index (χ0) is 24.5. The quantitative estimate of drug-likeness (QED) is 0.540. The lowest BCUT2D eigenvalue weighted by Gasteiger charge is -2.47. The summed E-state index contributed by atoms with van der Waals surface area (Å²) in [7, 11) is -4.06. The van der Waals surface area contributed by atoms with Gasteiger partial charge in [0.2, 0.25) is 0 Å². The Labute approximate surface area is 203 Å². The van der Waals surface area contributed by atoms with Crippen LogP contribution in [0, 0.1) is 5.82 Å². The first-order chi connectivity index (χ1) is 16.9. The van der Waals surface area contributed by atoms with Gasteiger partial charge in [0, 0.05) is 12.2 Å². The maximum absolute atomic E-state index is 14.4. The van der Waals surface area contributed by atoms with Crippen molar-refractivity contribution in [3.8, 4) is 11.1 Å². The molecule has 0 aliphatic carbocycles. The Balaban J connectivity index is 1.46. The first kappa shape index (κ1) is 23.5. The van der Waals surface area contributed by atoms with Crippen LogP contribution < -0.4 is 5.32 Å². The maximum atomic E-state index is 14.4. The molecule has 2 N–H and O–H groups in total. The Kier molecular flexibility index (Phi) is 6.31. The van der Waals surface area contributed by atoms with Crippen molar-refractivity contribution in [1.82, 2.24) is 5.32 Å². The number of hydrogen-bond acceptors (Lipinski definition) is 6. The highest BCUT2D eigenvalue weighted by Gasteiger charge is 2.58. The van der Waals surface area contributed by atoms with Crippen LogP contribution in [0.5, 0.6) is 0 Å². The smallest absolute Gasteiger partial charge is 0.301 e. The van der Waals surface area contributed by atoms with E-state index in [0.717, 1.165) is 11.1 Å². The van der Waals surface area contributed by atoms with Crippen LogP contribution in [0.3, 0.4) is 0 Å². The molecule has 0 amide bonds. The summed E-state index contributed by atoms with van der Waals surface area (Å²) in [5, 5.41) is 11.3. The Morgan fingerprint density at radius 3 is 2.29 bits per heavy atom. The summed E-state index contributed by atoms with van der Waals surface area (Å²) in [5.74, 6) is -0.476. The van der Waals surface area contributed by atoms with E-state index in [2.05, 4.69) is 9.71 Å². The fraction of sp³-hybridized carbons (Fsp3) is 0.269. The molecular weight excluding hydrogens is 471 g/mol. The number of halogens is 1. The zero-order valence-electron chi connectivity index (χ0n) is 18.8. The molecular formula is C26H25FN2O5S. The number of aliphatic hydroxyl groups excluding tert-OH is 1. The van der Waals surface area contributed by atoms with Crippen LogP contribution in [0.15, 0.2) is 83.3 Å². The molecule has 35 heavy (non-hydrogen) atoms. The molecule has 9 heteroatoms. The molecule has 1 saturated heterocycles. The van der Waals surface area contributed by atoms with Crippen molar-refractivity contribution in [3.63, 3.8) is 0 Å². The lowest BCUT2D eigenvalue weighted by molar-refractivity contribution is -0.173. The number of sulfonamides is 1. The van der Waals surface area contributed by atoms with E-state index in [9.17, 15) is 17.9 Å². The van der Waals surface area contributed by atoms with Crippen molar-refractivity contribution in [1.29, 1.82) is 0 Å². The number of hydrogen-bond donors (Lipinski definition) is 2. The van der Waals surface area contributed by atoms with Gasteiger partial charge in [0.1, 0.15) is 5.82 Å². The highest BCUT2D eigenvalue weighted by Crippen LogP contribution is 2.45. The van der Waals surface area contributed by atoms with E-state index in [4.69, 9.17) is 9.47 Å². The third-order valence-electron chi connectivity index (χ3n) is 6.30. The number of ether oxygens (including phenoxy) is 2. The molecule has 0 saturated carbocycles. The molecule has 3 aromatic rings. The molecule has 0 bridgehead atoms. The van der Waals surface area contributed by atoms with Crippen LogP contribution in [-0.4, -0.2) is 45.0 Å². The number of benzene rings is 3. The van der Waals surface area contributed by atoms with Gasteiger partial charge in [-0.25, -0.2) is 12.8 Å². The second-order valence-electron chi connectivity index (χ2n) is 8.67. The third-order valence-corrected chi connectivity index (χ3v) is 8.01. The van der Waals surface area contributed by atoms with E-state index in [1.165, 1.54) is 6.07 Å². The van der Waals surface area contributed by atoms with E-state index in [0.29, 0.717) is 5.56 Å². The minimum Gasteiger partial charge on any atom is -0.451 e. The van der Waals surface area contributed by atoms with Crippen molar-refractivity contribution in [2.24, 2.45) is 4.40 Å². The number of nitrogens with one attached hydrogen (secondary N) is 1. The van der Waals surface area contributed by atoms with Gasteiger partial charge in [-0.15, -0.1) is 4.40 Å². The number of amidine groups is 1. The van der Waals surface area contributed by atoms with E-state index in [1.807, 2.05) is 42.5 Å². The molecule has 7 nitrogen and oxygen atoms in total. The standard InChI is InChI=1S/C26H25FN2O5S/c27-22-9-5-4-8-21(22)23(14-15-30)28-25-29-35(31,32)24(26(34-25)16-33-17-26)20-12-10-19(11-13-20)18-6-2-1-3-7-18/h1-13,23-24,30H,14-17H2,(H,28,29)/t23?,24-/m0/s1. The second kappa shape index (κ2) is 9.41. The number of aliphatic hydroxyl groups is 1. The van der Waals surface area contributed by atoms with Crippen LogP contribution in [0.25, 0.3) is 11.1 Å². The van der Waals surface area contributed by atoms with Crippen molar-refractivity contribution in [2.45, 2.75) is 23.3 Å². The Morgan fingerprint density at radius 1 is 1.00 bits per heavy atom. The molecule has 1 fully saturated rings. The third kappa shape index (κ3) is 4.54. The van der Waals surface area contributed by atoms with Crippen LogP contribution in [0.2, 0.25) is 0 Å². The lowest BCUT2D eigenvalue weighted by Crippen LogP contribution is -2.62. The maximum Gasteiger partial charge on any atom is 0.301 e. The molecule has 2 heterocycles. The van der Waals surface area contributed by atoms with E-state index in [1.54, 1.807) is 30.3 Å². The van der Waals surface area contributed by atoms with Crippen molar-refractivity contribution in [3.05, 3.63) is 95.8 Å². The molecule has 2 aliphatic rings. The topological polar surface area (TPSA) is 97.2 Å². The molecule has 1 spiro atoms. The summed E-state index contributed by atoms with van der Waals surface area (Å²) < 4.78 is 56.6. The fourth-order valence-corrected chi connectivity index (χ4v) is 6.23. The predicted octanol–water partition coefficient (Wildman–Crippen LogP) is 3.73. The van der Waals surface area contributed by atoms with Gasteiger partial charge in [-0.3, -0.25) is 0 Å². The molecule has 0 radical (unpaired) electrons. The molecule has 1 unspecified atom stereocenters. The summed E-state index contributed by atoms with van der Waals surface area (Å²) >= 11 is 0. The highest BCUT2D eigenvalue weighted by molar-refractivity contribution is 7.90. The van der Waals surface area contributed by atoms with E-state index in [-0.39, 0.29) is 37.8 Å². The van der Waals surface area contributed by atoms with E-state index < -0.39 is 32.7 Å². The van der Waals surface area contributed by atoms with Crippen LogP contribution in [-0.2, 0) is 19.5 Å². The van der Waals surface area contributed by atoms with Gasteiger partial charge < -0.3 is 19.9 Å². The minimum atomic E-state index is -4.06. The van der Waals surface area contributed by atoms with Gasteiger partial charge in [0.05, 0.1) is 19.3 Å². The number of nitrogens with zero attached hydrogens (tertiary/aromatic N) is 1. The van der Waals surface area contributed by atoms with Crippen molar-refractivity contribution in [2.75, 3.05) is 19.8 Å². The average molecular weight is 497 g/mol. The van der Waals surface area contributed by atoms with Gasteiger partial charge in [-0.1, -0.05) is 72.8 Å². The van der Waals surface area contributed by atoms with E-state index >= 15 is 0 Å². The first-order valence-electron chi connectivity index (χ1n) is 11.3. The Morgan fingerprint density at radius 2 is 1.66 bits per heavy atom. The summed E-state index contributed by atoms with van der Waals surface area (Å²) in [5.41, 5.74) is 1.66. The van der Waals surface area contributed by atoms with Gasteiger partial charge in [-0.2, -0.15) is 0 Å². The molecule has 2 aliphatic heterocycles. The van der Waals surface area contributed by atoms with Gasteiger partial charge in [0.15, 0.2) is 10.9 Å². The fourth-order valence-electron chi connectivity index (χ4n) is 4.57. The van der Waals surface area contributed by atoms with Gasteiger partial charge in [0.25, 0.3) is 10.0 Å². The van der Waals surface area contributed by atoms with Crippen molar-refractivity contribution >= 4 is 16.0 Å². The second-order valence-corrected chi connectivity index (χ2v) is 10.4. The van der Waals surface area contributed by atoms with Crippen molar-refractivity contribution < 1.29 is 27.4 Å². The molecule has 3 aromatic carbocycles. The van der Waals surface area contributed by atoms with Crippen LogP contribution >= 0.6 is 0 Å². The minimum absolute atomic E-state index is 0.0718. The largest absolute Gasteiger partial charge is 0.451 e. The summed E-state index contributed by atoms with van der Waals surface area (Å²) in [4.78, 5) is 0. The zero-order valence-corrected chi connectivity index (χ0v) is 19.6. The predicted molar refractivity (Wildman–Crippen MR) is 130 cm³/mol. The monoisotopic (exact) mass is 496 g/mol. The summed E-state index contributed by atoms with van der Waals surface area (Å²) in [6, 6.07) is 22.2. The van der Waals surface area contributed by atoms with Gasteiger partial charge >= 0.3 is 6.02 Å². The van der Waals surface area contributed by atoms with Crippen LogP contribution in [0.1, 0.15) is 28.8 Å². The SMILES string of the molecule is O=S1(=O)N=C(NC(CCO)c2ccccc2F)OC2(COC2)[C@@H]1c1ccc(-c2ccccc2)cc1.